The molecular weight excluding hydrogens is 394 g/mol. The Labute approximate surface area is 194 Å². The summed E-state index contributed by atoms with van der Waals surface area (Å²) in [7, 11) is 0. The standard InChI is InChI=1S/C28H41N3O/c1-3-5-6-7-8-9-10-11-12-13-15-23-17-18-24(30-23)21-27-28(32-20-4-2)22-26(31-27)25-16-14-19-29-25/h14,16-19,21-22,29-30H,3-13,15,20H2,1-2H3/b27-21-. The second-order valence-corrected chi connectivity index (χ2v) is 8.84. The molecule has 4 heteroatoms. The summed E-state index contributed by atoms with van der Waals surface area (Å²) in [5.74, 6) is 0.849. The van der Waals surface area contributed by atoms with E-state index in [1.54, 1.807) is 0 Å². The summed E-state index contributed by atoms with van der Waals surface area (Å²) in [5.41, 5.74) is 5.21. The van der Waals surface area contributed by atoms with Crippen LogP contribution in [0.5, 0.6) is 0 Å². The highest BCUT2D eigenvalue weighted by Gasteiger charge is 2.18. The van der Waals surface area contributed by atoms with E-state index in [2.05, 4.69) is 42.0 Å². The number of ether oxygens (including phenoxy) is 1. The number of hydrogen-bond acceptors (Lipinski definition) is 2. The van der Waals surface area contributed by atoms with Crippen molar-refractivity contribution in [3.05, 3.63) is 65.1 Å². The van der Waals surface area contributed by atoms with Crippen molar-refractivity contribution >= 4 is 11.8 Å². The zero-order valence-electron chi connectivity index (χ0n) is 20.1. The van der Waals surface area contributed by atoms with Crippen LogP contribution in [0, 0.1) is 0 Å². The van der Waals surface area contributed by atoms with E-state index < -0.39 is 0 Å². The number of aromatic amines is 2. The third-order valence-corrected chi connectivity index (χ3v) is 5.96. The van der Waals surface area contributed by atoms with Crippen molar-refractivity contribution < 1.29 is 4.74 Å². The Balaban J connectivity index is 1.44. The molecule has 32 heavy (non-hydrogen) atoms. The van der Waals surface area contributed by atoms with Crippen LogP contribution in [0.4, 0.5) is 0 Å². The summed E-state index contributed by atoms with van der Waals surface area (Å²) in [5, 5.41) is 0. The maximum Gasteiger partial charge on any atom is 0.147 e. The van der Waals surface area contributed by atoms with Gasteiger partial charge < -0.3 is 14.7 Å². The summed E-state index contributed by atoms with van der Waals surface area (Å²) in [6.07, 6.45) is 21.9. The van der Waals surface area contributed by atoms with Gasteiger partial charge in [0.1, 0.15) is 11.5 Å². The lowest BCUT2D eigenvalue weighted by Gasteiger charge is -2.05. The third kappa shape index (κ3) is 7.89. The van der Waals surface area contributed by atoms with Crippen LogP contribution in [0.2, 0.25) is 0 Å². The van der Waals surface area contributed by atoms with E-state index in [0.717, 1.165) is 41.4 Å². The lowest BCUT2D eigenvalue weighted by molar-refractivity contribution is 0.222. The average molecular weight is 436 g/mol. The molecule has 1 aliphatic rings. The summed E-state index contributed by atoms with van der Waals surface area (Å²) < 4.78 is 5.96. The summed E-state index contributed by atoms with van der Waals surface area (Å²) in [6.45, 7) is 5.10. The molecule has 1 aliphatic heterocycles. The van der Waals surface area contributed by atoms with Gasteiger partial charge >= 0.3 is 0 Å². The molecule has 2 aromatic heterocycles. The number of allylic oxidation sites excluding steroid dienone is 1. The number of hydrogen-bond donors (Lipinski definition) is 2. The van der Waals surface area contributed by atoms with Crippen LogP contribution >= 0.6 is 0 Å². The third-order valence-electron chi connectivity index (χ3n) is 5.96. The molecule has 2 aromatic rings. The molecule has 3 heterocycles. The maximum absolute atomic E-state index is 5.96. The quantitative estimate of drug-likeness (QED) is 0.258. The molecule has 0 aliphatic carbocycles. The van der Waals surface area contributed by atoms with Gasteiger partial charge in [0, 0.05) is 23.7 Å². The molecule has 0 spiro atoms. The molecule has 0 atom stereocenters. The summed E-state index contributed by atoms with van der Waals surface area (Å²) in [6, 6.07) is 8.39. The zero-order valence-corrected chi connectivity index (χ0v) is 20.1. The lowest BCUT2D eigenvalue weighted by Crippen LogP contribution is -1.95. The van der Waals surface area contributed by atoms with Crippen LogP contribution in [0.15, 0.2) is 53.0 Å². The fourth-order valence-electron chi connectivity index (χ4n) is 4.11. The second kappa shape index (κ2) is 13.8. The first-order valence-electron chi connectivity index (χ1n) is 12.8. The number of nitrogens with zero attached hydrogens (tertiary/aromatic N) is 1. The van der Waals surface area contributed by atoms with Crippen LogP contribution in [-0.4, -0.2) is 22.3 Å². The SMILES string of the molecule is CCCCCCCCCCCCc1ccc(/C=C2\N=C(c3ccc[nH]3)C=C2OCCC)[nH]1. The first-order chi connectivity index (χ1) is 15.8. The Hall–Kier alpha value is -2.49. The van der Waals surface area contributed by atoms with Gasteiger partial charge in [-0.1, -0.05) is 71.6 Å². The number of aliphatic imine (C=N–C) groups is 1. The predicted molar refractivity (Wildman–Crippen MR) is 136 cm³/mol. The Morgan fingerprint density at radius 2 is 1.62 bits per heavy atom. The van der Waals surface area contributed by atoms with Gasteiger partial charge in [0.15, 0.2) is 0 Å². The minimum atomic E-state index is 0.700. The molecule has 174 valence electrons. The van der Waals surface area contributed by atoms with E-state index in [1.807, 2.05) is 24.4 Å². The molecule has 0 saturated heterocycles. The monoisotopic (exact) mass is 435 g/mol. The molecule has 0 unspecified atom stereocenters. The van der Waals surface area contributed by atoms with Gasteiger partial charge in [-0.2, -0.15) is 0 Å². The lowest BCUT2D eigenvalue weighted by atomic mass is 10.1. The van der Waals surface area contributed by atoms with E-state index in [1.165, 1.54) is 69.9 Å². The number of nitrogens with one attached hydrogen (secondary N) is 2. The van der Waals surface area contributed by atoms with Crippen molar-refractivity contribution in [3.8, 4) is 0 Å². The van der Waals surface area contributed by atoms with Gasteiger partial charge in [0.05, 0.1) is 18.0 Å². The smallest absolute Gasteiger partial charge is 0.147 e. The van der Waals surface area contributed by atoms with Crippen molar-refractivity contribution in [3.63, 3.8) is 0 Å². The average Bonchev–Trinajstić information content (AvgIpc) is 3.55. The highest BCUT2D eigenvalue weighted by Crippen LogP contribution is 2.25. The molecule has 0 bridgehead atoms. The molecule has 0 radical (unpaired) electrons. The van der Waals surface area contributed by atoms with E-state index in [0.29, 0.717) is 6.61 Å². The molecule has 0 fully saturated rings. The topological polar surface area (TPSA) is 53.2 Å². The number of rotatable bonds is 16. The summed E-state index contributed by atoms with van der Waals surface area (Å²) >= 11 is 0. The molecule has 0 amide bonds. The highest BCUT2D eigenvalue weighted by molar-refractivity contribution is 6.11. The Morgan fingerprint density at radius 1 is 0.875 bits per heavy atom. The van der Waals surface area contributed by atoms with E-state index in [4.69, 9.17) is 9.73 Å². The van der Waals surface area contributed by atoms with E-state index in [9.17, 15) is 0 Å². The van der Waals surface area contributed by atoms with Gasteiger partial charge in [0.25, 0.3) is 0 Å². The van der Waals surface area contributed by atoms with Crippen molar-refractivity contribution in [2.75, 3.05) is 6.61 Å². The van der Waals surface area contributed by atoms with Crippen LogP contribution in [-0.2, 0) is 11.2 Å². The number of aromatic nitrogens is 2. The minimum absolute atomic E-state index is 0.700. The Bertz CT molecular complexity index is 870. The zero-order chi connectivity index (χ0) is 22.4. The fraction of sp³-hybridized carbons (Fsp3) is 0.536. The largest absolute Gasteiger partial charge is 0.491 e. The molecular formula is C28H41N3O. The first kappa shape index (κ1) is 24.2. The molecule has 2 N–H and O–H groups in total. The fourth-order valence-corrected chi connectivity index (χ4v) is 4.11. The summed E-state index contributed by atoms with van der Waals surface area (Å²) in [4.78, 5) is 11.6. The van der Waals surface area contributed by atoms with Gasteiger partial charge in [-0.15, -0.1) is 0 Å². The van der Waals surface area contributed by atoms with Crippen molar-refractivity contribution in [1.29, 1.82) is 0 Å². The van der Waals surface area contributed by atoms with Crippen LogP contribution in [0.3, 0.4) is 0 Å². The van der Waals surface area contributed by atoms with Crippen LogP contribution < -0.4 is 0 Å². The van der Waals surface area contributed by atoms with Crippen molar-refractivity contribution in [2.24, 2.45) is 4.99 Å². The van der Waals surface area contributed by atoms with Gasteiger partial charge in [-0.05, 0) is 49.6 Å². The van der Waals surface area contributed by atoms with Gasteiger partial charge in [0.2, 0.25) is 0 Å². The van der Waals surface area contributed by atoms with Gasteiger partial charge in [-0.25, -0.2) is 4.99 Å². The molecule has 0 saturated carbocycles. The molecule has 4 nitrogen and oxygen atoms in total. The number of unbranched alkanes of at least 4 members (excludes halogenated alkanes) is 9. The number of aryl methyl sites for hydroxylation is 1. The van der Waals surface area contributed by atoms with E-state index in [-0.39, 0.29) is 0 Å². The van der Waals surface area contributed by atoms with Crippen molar-refractivity contribution in [1.82, 2.24) is 9.97 Å². The number of H-pyrrole nitrogens is 2. The predicted octanol–water partition coefficient (Wildman–Crippen LogP) is 7.96. The highest BCUT2D eigenvalue weighted by atomic mass is 16.5. The molecule has 0 aromatic carbocycles. The minimum Gasteiger partial charge on any atom is -0.491 e. The Morgan fingerprint density at radius 3 is 2.31 bits per heavy atom. The molecule has 3 rings (SSSR count). The Kier molecular flexibility index (Phi) is 10.4. The van der Waals surface area contributed by atoms with E-state index >= 15 is 0 Å². The second-order valence-electron chi connectivity index (χ2n) is 8.84. The maximum atomic E-state index is 5.96. The normalized spacial score (nSPS) is 14.8. The van der Waals surface area contributed by atoms with Gasteiger partial charge in [-0.3, -0.25) is 0 Å². The van der Waals surface area contributed by atoms with Crippen LogP contribution in [0.1, 0.15) is 102 Å². The van der Waals surface area contributed by atoms with Crippen molar-refractivity contribution in [2.45, 2.75) is 90.9 Å². The van der Waals surface area contributed by atoms with Crippen LogP contribution in [0.25, 0.3) is 6.08 Å². The first-order valence-corrected chi connectivity index (χ1v) is 12.8.